The molecule has 0 spiro atoms. The van der Waals surface area contributed by atoms with Gasteiger partial charge in [-0.15, -0.1) is 0 Å². The van der Waals surface area contributed by atoms with E-state index in [9.17, 15) is 9.18 Å². The smallest absolute Gasteiger partial charge is 0.228 e. The first-order valence-corrected chi connectivity index (χ1v) is 9.58. The molecule has 0 saturated carbocycles. The number of benzene rings is 3. The van der Waals surface area contributed by atoms with E-state index in [4.69, 9.17) is 9.47 Å². The summed E-state index contributed by atoms with van der Waals surface area (Å²) in [4.78, 5) is 20.2. The van der Waals surface area contributed by atoms with Crippen molar-refractivity contribution in [2.75, 3.05) is 18.5 Å². The zero-order valence-electron chi connectivity index (χ0n) is 15.9. The fourth-order valence-electron chi connectivity index (χ4n) is 3.45. The molecule has 0 saturated heterocycles. The molecule has 7 heteroatoms. The molecule has 5 rings (SSSR count). The predicted molar refractivity (Wildman–Crippen MR) is 111 cm³/mol. The van der Waals surface area contributed by atoms with Gasteiger partial charge < -0.3 is 19.8 Å². The fourth-order valence-corrected chi connectivity index (χ4v) is 3.45. The number of amides is 1. The Labute approximate surface area is 171 Å². The standard InChI is InChI=1S/C23H18FN3O3/c24-16-3-1-2-15(12-16)23-26-18-6-5-17(13-19(18)27-23)25-22(28)11-14-4-7-20-21(10-14)30-9-8-29-20/h1-7,10,12-13H,8-9,11H2,(H,25,28)(H,26,27). The van der Waals surface area contributed by atoms with Crippen molar-refractivity contribution < 1.29 is 18.7 Å². The molecule has 1 amide bonds. The molecule has 6 nitrogen and oxygen atoms in total. The van der Waals surface area contributed by atoms with Crippen LogP contribution in [0.25, 0.3) is 22.4 Å². The molecule has 30 heavy (non-hydrogen) atoms. The Bertz CT molecular complexity index is 1250. The first-order chi connectivity index (χ1) is 14.6. The van der Waals surface area contributed by atoms with Gasteiger partial charge in [-0.3, -0.25) is 4.79 Å². The number of nitrogens with one attached hydrogen (secondary N) is 2. The number of imidazole rings is 1. The van der Waals surface area contributed by atoms with E-state index in [0.29, 0.717) is 41.8 Å². The van der Waals surface area contributed by atoms with Gasteiger partial charge in [-0.2, -0.15) is 0 Å². The van der Waals surface area contributed by atoms with Crippen LogP contribution >= 0.6 is 0 Å². The van der Waals surface area contributed by atoms with Crippen LogP contribution in [0.15, 0.2) is 60.7 Å². The lowest BCUT2D eigenvalue weighted by Crippen LogP contribution is -2.17. The number of nitrogens with zero attached hydrogens (tertiary/aromatic N) is 1. The first-order valence-electron chi connectivity index (χ1n) is 9.58. The Kier molecular flexibility index (Phi) is 4.55. The maximum atomic E-state index is 13.5. The topological polar surface area (TPSA) is 76.2 Å². The summed E-state index contributed by atoms with van der Waals surface area (Å²) in [5.41, 5.74) is 3.65. The number of halogens is 1. The molecule has 0 fully saturated rings. The molecular formula is C23H18FN3O3. The van der Waals surface area contributed by atoms with Crippen LogP contribution in [0.1, 0.15) is 5.56 Å². The first kappa shape index (κ1) is 18.2. The molecule has 4 aromatic rings. The lowest BCUT2D eigenvalue weighted by atomic mass is 10.1. The maximum absolute atomic E-state index is 13.5. The highest BCUT2D eigenvalue weighted by molar-refractivity contribution is 5.94. The Morgan fingerprint density at radius 2 is 1.90 bits per heavy atom. The monoisotopic (exact) mass is 403 g/mol. The number of carbonyl (C=O) groups is 1. The quantitative estimate of drug-likeness (QED) is 0.532. The number of hydrogen-bond acceptors (Lipinski definition) is 4. The van der Waals surface area contributed by atoms with Crippen molar-refractivity contribution >= 4 is 22.6 Å². The zero-order valence-corrected chi connectivity index (χ0v) is 15.9. The fraction of sp³-hybridized carbons (Fsp3) is 0.130. The minimum Gasteiger partial charge on any atom is -0.486 e. The number of hydrogen-bond donors (Lipinski definition) is 2. The number of carbonyl (C=O) groups excluding carboxylic acids is 1. The molecule has 1 aliphatic rings. The largest absolute Gasteiger partial charge is 0.486 e. The number of aromatic amines is 1. The Balaban J connectivity index is 1.32. The van der Waals surface area contributed by atoms with Crippen LogP contribution in [0.3, 0.4) is 0 Å². The summed E-state index contributed by atoms with van der Waals surface area (Å²) in [7, 11) is 0. The van der Waals surface area contributed by atoms with E-state index in [0.717, 1.165) is 16.6 Å². The second kappa shape index (κ2) is 7.51. The average molecular weight is 403 g/mol. The van der Waals surface area contributed by atoms with Crippen molar-refractivity contribution in [1.82, 2.24) is 9.97 Å². The molecule has 2 N–H and O–H groups in total. The lowest BCUT2D eigenvalue weighted by molar-refractivity contribution is -0.115. The number of H-pyrrole nitrogens is 1. The lowest BCUT2D eigenvalue weighted by Gasteiger charge is -2.18. The van der Waals surface area contributed by atoms with Gasteiger partial charge in [0.25, 0.3) is 0 Å². The van der Waals surface area contributed by atoms with E-state index in [1.165, 1.54) is 12.1 Å². The molecule has 0 atom stereocenters. The van der Waals surface area contributed by atoms with E-state index < -0.39 is 0 Å². The van der Waals surface area contributed by atoms with Crippen LogP contribution in [-0.4, -0.2) is 29.1 Å². The molecule has 1 aliphatic heterocycles. The summed E-state index contributed by atoms with van der Waals surface area (Å²) in [6.07, 6.45) is 0.214. The van der Waals surface area contributed by atoms with Gasteiger partial charge in [0.05, 0.1) is 17.5 Å². The van der Waals surface area contributed by atoms with Crippen LogP contribution < -0.4 is 14.8 Å². The Morgan fingerprint density at radius 3 is 2.77 bits per heavy atom. The third-order valence-electron chi connectivity index (χ3n) is 4.83. The van der Waals surface area contributed by atoms with E-state index in [1.54, 1.807) is 18.2 Å². The summed E-state index contributed by atoms with van der Waals surface area (Å²) < 4.78 is 24.6. The zero-order chi connectivity index (χ0) is 20.5. The van der Waals surface area contributed by atoms with Crippen LogP contribution in [-0.2, 0) is 11.2 Å². The van der Waals surface area contributed by atoms with Crippen LogP contribution in [0, 0.1) is 5.82 Å². The maximum Gasteiger partial charge on any atom is 0.228 e. The molecule has 0 aliphatic carbocycles. The minimum absolute atomic E-state index is 0.143. The van der Waals surface area contributed by atoms with Gasteiger partial charge in [-0.1, -0.05) is 18.2 Å². The molecule has 2 heterocycles. The van der Waals surface area contributed by atoms with Crippen molar-refractivity contribution in [3.05, 3.63) is 72.0 Å². The van der Waals surface area contributed by atoms with Crippen molar-refractivity contribution in [3.63, 3.8) is 0 Å². The van der Waals surface area contributed by atoms with Crippen molar-refractivity contribution in [1.29, 1.82) is 0 Å². The molecule has 150 valence electrons. The summed E-state index contributed by atoms with van der Waals surface area (Å²) in [6.45, 7) is 1.04. The second-order valence-corrected chi connectivity index (χ2v) is 7.03. The van der Waals surface area contributed by atoms with Gasteiger partial charge in [-0.05, 0) is 48.0 Å². The molecule has 3 aromatic carbocycles. The molecule has 0 bridgehead atoms. The highest BCUT2D eigenvalue weighted by Gasteiger charge is 2.14. The van der Waals surface area contributed by atoms with Crippen molar-refractivity contribution in [2.45, 2.75) is 6.42 Å². The number of anilines is 1. The number of rotatable bonds is 4. The molecule has 0 unspecified atom stereocenters. The third kappa shape index (κ3) is 3.69. The summed E-state index contributed by atoms with van der Waals surface area (Å²) in [6, 6.07) is 17.2. The van der Waals surface area contributed by atoms with Gasteiger partial charge in [0.2, 0.25) is 5.91 Å². The number of ether oxygens (including phenoxy) is 2. The van der Waals surface area contributed by atoms with Crippen molar-refractivity contribution in [2.24, 2.45) is 0 Å². The molecular weight excluding hydrogens is 385 g/mol. The number of aromatic nitrogens is 2. The molecule has 0 radical (unpaired) electrons. The normalized spacial score (nSPS) is 12.7. The summed E-state index contributed by atoms with van der Waals surface area (Å²) in [5.74, 6) is 1.47. The highest BCUT2D eigenvalue weighted by Crippen LogP contribution is 2.31. The van der Waals surface area contributed by atoms with Gasteiger partial charge >= 0.3 is 0 Å². The van der Waals surface area contributed by atoms with Gasteiger partial charge in [-0.25, -0.2) is 9.37 Å². The predicted octanol–water partition coefficient (Wildman–Crippen LogP) is 4.32. The van der Waals surface area contributed by atoms with Gasteiger partial charge in [0, 0.05) is 11.3 Å². The Morgan fingerprint density at radius 1 is 1.03 bits per heavy atom. The number of fused-ring (bicyclic) bond motifs is 2. The van der Waals surface area contributed by atoms with E-state index >= 15 is 0 Å². The Hall–Kier alpha value is -3.87. The average Bonchev–Trinajstić information content (AvgIpc) is 3.17. The van der Waals surface area contributed by atoms with Crippen LogP contribution in [0.4, 0.5) is 10.1 Å². The second-order valence-electron chi connectivity index (χ2n) is 7.03. The van der Waals surface area contributed by atoms with E-state index in [2.05, 4.69) is 15.3 Å². The molecule has 1 aromatic heterocycles. The van der Waals surface area contributed by atoms with Gasteiger partial charge in [0.15, 0.2) is 11.5 Å². The van der Waals surface area contributed by atoms with Gasteiger partial charge in [0.1, 0.15) is 24.9 Å². The van der Waals surface area contributed by atoms with E-state index in [1.807, 2.05) is 30.3 Å². The minimum atomic E-state index is -0.319. The third-order valence-corrected chi connectivity index (χ3v) is 4.83. The summed E-state index contributed by atoms with van der Waals surface area (Å²) >= 11 is 0. The van der Waals surface area contributed by atoms with Crippen molar-refractivity contribution in [3.8, 4) is 22.9 Å². The SMILES string of the molecule is O=C(Cc1ccc2c(c1)OCCO2)Nc1ccc2nc(-c3cccc(F)c3)[nH]c2c1. The van der Waals surface area contributed by atoms with Crippen LogP contribution in [0.5, 0.6) is 11.5 Å². The highest BCUT2D eigenvalue weighted by atomic mass is 19.1. The van der Waals surface area contributed by atoms with E-state index in [-0.39, 0.29) is 18.1 Å². The van der Waals surface area contributed by atoms with Crippen LogP contribution in [0.2, 0.25) is 0 Å². The summed E-state index contributed by atoms with van der Waals surface area (Å²) in [5, 5.41) is 2.90.